The second-order valence-corrected chi connectivity index (χ2v) is 7.48. The van der Waals surface area contributed by atoms with Gasteiger partial charge in [0.25, 0.3) is 0 Å². The van der Waals surface area contributed by atoms with Crippen LogP contribution in [-0.4, -0.2) is 41.1 Å². The van der Waals surface area contributed by atoms with Crippen molar-refractivity contribution in [3.8, 4) is 0 Å². The molecule has 1 aromatic rings. The molecule has 0 radical (unpaired) electrons. The highest BCUT2D eigenvalue weighted by Gasteiger charge is 2.40. The predicted octanol–water partition coefficient (Wildman–Crippen LogP) is 2.56. The van der Waals surface area contributed by atoms with E-state index in [1.807, 2.05) is 35.2 Å². The zero-order chi connectivity index (χ0) is 18.5. The van der Waals surface area contributed by atoms with E-state index in [2.05, 4.69) is 5.32 Å². The quantitative estimate of drug-likeness (QED) is 0.817. The minimum absolute atomic E-state index is 0.102. The van der Waals surface area contributed by atoms with Crippen LogP contribution >= 0.6 is 0 Å². The van der Waals surface area contributed by atoms with Gasteiger partial charge in [0, 0.05) is 18.1 Å². The van der Waals surface area contributed by atoms with Crippen LogP contribution in [0.5, 0.6) is 0 Å². The van der Waals surface area contributed by atoms with Gasteiger partial charge in [-0.25, -0.2) is 4.79 Å². The first-order valence-corrected chi connectivity index (χ1v) is 9.59. The number of ether oxygens (including phenoxy) is 1. The monoisotopic (exact) mass is 359 g/mol. The van der Waals surface area contributed by atoms with Gasteiger partial charge in [-0.3, -0.25) is 4.79 Å². The molecule has 2 aliphatic rings. The molecular formula is C20H29N3O3. The van der Waals surface area contributed by atoms with Crippen LogP contribution in [0.3, 0.4) is 0 Å². The van der Waals surface area contributed by atoms with Crippen molar-refractivity contribution in [3.05, 3.63) is 35.9 Å². The average Bonchev–Trinajstić information content (AvgIpc) is 3.47. The third-order valence-electron chi connectivity index (χ3n) is 5.21. The number of rotatable bonds is 6. The Morgan fingerprint density at radius 2 is 1.69 bits per heavy atom. The molecule has 0 aromatic heterocycles. The first-order chi connectivity index (χ1) is 12.5. The Labute approximate surface area is 155 Å². The summed E-state index contributed by atoms with van der Waals surface area (Å²) >= 11 is 0. The SMILES string of the molecule is C[C@H](N)C(=O)NC1CCC(N(C(=O)OCc2ccccc2)C2CC2)CC1. The second kappa shape index (κ2) is 8.54. The molecule has 0 spiro atoms. The smallest absolute Gasteiger partial charge is 0.410 e. The Morgan fingerprint density at radius 1 is 1.12 bits per heavy atom. The van der Waals surface area contributed by atoms with E-state index < -0.39 is 6.04 Å². The van der Waals surface area contributed by atoms with E-state index in [4.69, 9.17) is 10.5 Å². The third kappa shape index (κ3) is 4.97. The van der Waals surface area contributed by atoms with Gasteiger partial charge in [0.2, 0.25) is 5.91 Å². The van der Waals surface area contributed by atoms with Crippen molar-refractivity contribution in [1.82, 2.24) is 10.2 Å². The topological polar surface area (TPSA) is 84.7 Å². The highest BCUT2D eigenvalue weighted by Crippen LogP contribution is 2.34. The Hall–Kier alpha value is -2.08. The standard InChI is InChI=1S/C20H29N3O3/c1-14(21)19(24)22-16-7-9-17(10-8-16)23(18-11-12-18)20(25)26-13-15-5-3-2-4-6-15/h2-6,14,16-18H,7-13,21H2,1H3,(H,22,24)/t14-,16?,17?/m0/s1. The maximum absolute atomic E-state index is 12.7. The number of carbonyl (C=O) groups is 2. The van der Waals surface area contributed by atoms with Crippen LogP contribution in [0, 0.1) is 0 Å². The van der Waals surface area contributed by atoms with E-state index in [9.17, 15) is 9.59 Å². The molecular weight excluding hydrogens is 330 g/mol. The summed E-state index contributed by atoms with van der Waals surface area (Å²) in [6.45, 7) is 2.00. The lowest BCUT2D eigenvalue weighted by Gasteiger charge is -2.36. The second-order valence-electron chi connectivity index (χ2n) is 7.48. The molecule has 0 aliphatic heterocycles. The lowest BCUT2D eigenvalue weighted by Crippen LogP contribution is -2.49. The van der Waals surface area contributed by atoms with Gasteiger partial charge >= 0.3 is 6.09 Å². The molecule has 3 N–H and O–H groups in total. The largest absolute Gasteiger partial charge is 0.445 e. The van der Waals surface area contributed by atoms with E-state index in [1.54, 1.807) is 6.92 Å². The maximum atomic E-state index is 12.7. The summed E-state index contributed by atoms with van der Waals surface area (Å²) in [5.74, 6) is -0.102. The Bertz CT molecular complexity index is 608. The van der Waals surface area contributed by atoms with Gasteiger partial charge in [0.1, 0.15) is 6.61 Å². The normalized spacial score (nSPS) is 23.8. The lowest BCUT2D eigenvalue weighted by molar-refractivity contribution is -0.123. The molecule has 2 aliphatic carbocycles. The molecule has 0 unspecified atom stereocenters. The van der Waals surface area contributed by atoms with Crippen molar-refractivity contribution in [2.24, 2.45) is 5.73 Å². The summed E-state index contributed by atoms with van der Waals surface area (Å²) in [4.78, 5) is 26.4. The van der Waals surface area contributed by atoms with Gasteiger partial charge < -0.3 is 20.7 Å². The number of amides is 2. The van der Waals surface area contributed by atoms with E-state index in [-0.39, 0.29) is 24.1 Å². The van der Waals surface area contributed by atoms with Crippen LogP contribution in [0.4, 0.5) is 4.79 Å². The van der Waals surface area contributed by atoms with Gasteiger partial charge in [-0.05, 0) is 51.0 Å². The van der Waals surface area contributed by atoms with Crippen LogP contribution in [0.25, 0.3) is 0 Å². The number of benzene rings is 1. The van der Waals surface area contributed by atoms with Crippen molar-refractivity contribution in [1.29, 1.82) is 0 Å². The summed E-state index contributed by atoms with van der Waals surface area (Å²) in [6.07, 6.45) is 5.43. The maximum Gasteiger partial charge on any atom is 0.410 e. The Morgan fingerprint density at radius 3 is 2.23 bits per heavy atom. The van der Waals surface area contributed by atoms with Crippen LogP contribution in [-0.2, 0) is 16.1 Å². The molecule has 6 heteroatoms. The molecule has 2 fully saturated rings. The Balaban J connectivity index is 1.51. The molecule has 0 saturated heterocycles. The Kier molecular flexibility index (Phi) is 6.14. The lowest BCUT2D eigenvalue weighted by atomic mass is 9.90. The summed E-state index contributed by atoms with van der Waals surface area (Å²) in [7, 11) is 0. The van der Waals surface area contributed by atoms with Crippen LogP contribution in [0.2, 0.25) is 0 Å². The van der Waals surface area contributed by atoms with Crippen molar-refractivity contribution in [2.45, 2.75) is 76.2 Å². The van der Waals surface area contributed by atoms with E-state index >= 15 is 0 Å². The van der Waals surface area contributed by atoms with Gasteiger partial charge in [-0.1, -0.05) is 30.3 Å². The van der Waals surface area contributed by atoms with Crippen molar-refractivity contribution in [2.75, 3.05) is 0 Å². The minimum atomic E-state index is -0.483. The fraction of sp³-hybridized carbons (Fsp3) is 0.600. The molecule has 1 atom stereocenters. The summed E-state index contributed by atoms with van der Waals surface area (Å²) in [5.41, 5.74) is 6.62. The fourth-order valence-electron chi connectivity index (χ4n) is 3.57. The first-order valence-electron chi connectivity index (χ1n) is 9.59. The molecule has 0 bridgehead atoms. The summed E-state index contributed by atoms with van der Waals surface area (Å²) in [6, 6.07) is 9.95. The highest BCUT2D eigenvalue weighted by atomic mass is 16.6. The first kappa shape index (κ1) is 18.7. The molecule has 6 nitrogen and oxygen atoms in total. The molecule has 2 saturated carbocycles. The van der Waals surface area contributed by atoms with Crippen molar-refractivity contribution >= 4 is 12.0 Å². The number of nitrogens with zero attached hydrogens (tertiary/aromatic N) is 1. The third-order valence-corrected chi connectivity index (χ3v) is 5.21. The van der Waals surface area contributed by atoms with Gasteiger partial charge in [-0.15, -0.1) is 0 Å². The van der Waals surface area contributed by atoms with Crippen molar-refractivity contribution in [3.63, 3.8) is 0 Å². The predicted molar refractivity (Wildman–Crippen MR) is 99.3 cm³/mol. The number of hydrogen-bond acceptors (Lipinski definition) is 4. The van der Waals surface area contributed by atoms with E-state index in [0.29, 0.717) is 12.6 Å². The highest BCUT2D eigenvalue weighted by molar-refractivity contribution is 5.81. The van der Waals surface area contributed by atoms with Crippen LogP contribution in [0.15, 0.2) is 30.3 Å². The fourth-order valence-corrected chi connectivity index (χ4v) is 3.57. The molecule has 1 aromatic carbocycles. The molecule has 3 rings (SSSR count). The van der Waals surface area contributed by atoms with E-state index in [1.165, 1.54) is 0 Å². The summed E-state index contributed by atoms with van der Waals surface area (Å²) in [5, 5.41) is 3.00. The molecule has 2 amide bonds. The number of carbonyl (C=O) groups excluding carboxylic acids is 2. The van der Waals surface area contributed by atoms with Gasteiger partial charge in [0.15, 0.2) is 0 Å². The summed E-state index contributed by atoms with van der Waals surface area (Å²) < 4.78 is 5.57. The number of hydrogen-bond donors (Lipinski definition) is 2. The molecule has 142 valence electrons. The number of nitrogens with one attached hydrogen (secondary N) is 1. The van der Waals surface area contributed by atoms with Crippen molar-refractivity contribution < 1.29 is 14.3 Å². The zero-order valence-corrected chi connectivity index (χ0v) is 15.4. The van der Waals surface area contributed by atoms with Gasteiger partial charge in [-0.2, -0.15) is 0 Å². The molecule has 0 heterocycles. The van der Waals surface area contributed by atoms with Gasteiger partial charge in [0.05, 0.1) is 6.04 Å². The van der Waals surface area contributed by atoms with Crippen LogP contribution < -0.4 is 11.1 Å². The van der Waals surface area contributed by atoms with E-state index in [0.717, 1.165) is 44.1 Å². The number of nitrogens with two attached hydrogens (primary N) is 1. The zero-order valence-electron chi connectivity index (χ0n) is 15.4. The minimum Gasteiger partial charge on any atom is -0.445 e. The molecule has 26 heavy (non-hydrogen) atoms. The average molecular weight is 359 g/mol. The van der Waals surface area contributed by atoms with Crippen LogP contribution in [0.1, 0.15) is 51.0 Å².